The molecule has 0 bridgehead atoms. The van der Waals surface area contributed by atoms with Gasteiger partial charge in [0.1, 0.15) is 0 Å². The number of hydrogen-bond donors (Lipinski definition) is 1. The minimum Gasteiger partial charge on any atom is -0.362 e. The summed E-state index contributed by atoms with van der Waals surface area (Å²) in [5.74, 6) is 0.291. The second-order valence-corrected chi connectivity index (χ2v) is 6.87. The van der Waals surface area contributed by atoms with E-state index in [1.54, 1.807) is 0 Å². The van der Waals surface area contributed by atoms with Crippen LogP contribution in [0.1, 0.15) is 12.0 Å². The highest BCUT2D eigenvalue weighted by molar-refractivity contribution is 5.85. The van der Waals surface area contributed by atoms with Crippen molar-refractivity contribution in [3.8, 4) is 0 Å². The van der Waals surface area contributed by atoms with Gasteiger partial charge in [0, 0.05) is 57.5 Å². The van der Waals surface area contributed by atoms with Gasteiger partial charge in [-0.25, -0.2) is 0 Å². The Kier molecular flexibility index (Phi) is 7.37. The van der Waals surface area contributed by atoms with Gasteiger partial charge in [-0.2, -0.15) is 0 Å². The third-order valence-corrected chi connectivity index (χ3v) is 5.49. The maximum Gasteiger partial charge on any atom is 0.242 e. The Morgan fingerprint density at radius 1 is 1.08 bits per heavy atom. The van der Waals surface area contributed by atoms with E-state index in [0.29, 0.717) is 18.5 Å². The van der Waals surface area contributed by atoms with Crippen LogP contribution in [0.3, 0.4) is 0 Å². The van der Waals surface area contributed by atoms with E-state index in [4.69, 9.17) is 0 Å². The minimum atomic E-state index is 0. The van der Waals surface area contributed by atoms with E-state index in [2.05, 4.69) is 44.3 Å². The van der Waals surface area contributed by atoms with Gasteiger partial charge in [-0.05, 0) is 24.5 Å². The lowest BCUT2D eigenvalue weighted by atomic mass is 10.2. The number of fused-ring (bicyclic) bond motifs is 1. The molecule has 5 nitrogen and oxygen atoms in total. The summed E-state index contributed by atoms with van der Waals surface area (Å²) in [5.41, 5.74) is 2.62. The van der Waals surface area contributed by atoms with E-state index >= 15 is 0 Å². The van der Waals surface area contributed by atoms with E-state index in [9.17, 15) is 4.79 Å². The fraction of sp³-hybridized carbons (Fsp3) is 0.611. The van der Waals surface area contributed by atoms with Gasteiger partial charge in [0.15, 0.2) is 0 Å². The molecule has 1 amide bonds. The number of likely N-dealkylation sites (tertiary alicyclic amines) is 1. The van der Waals surface area contributed by atoms with Crippen LogP contribution in [0.15, 0.2) is 24.3 Å². The number of carbonyl (C=O) groups is 1. The number of piperazine rings is 1. The van der Waals surface area contributed by atoms with Crippen molar-refractivity contribution in [2.24, 2.45) is 0 Å². The van der Waals surface area contributed by atoms with Gasteiger partial charge in [-0.15, -0.1) is 24.8 Å². The van der Waals surface area contributed by atoms with Crippen LogP contribution in [0.2, 0.25) is 0 Å². The molecule has 3 aliphatic rings. The first-order valence-corrected chi connectivity index (χ1v) is 8.86. The molecular weight excluding hydrogens is 359 g/mol. The number of nitrogens with zero attached hydrogens (tertiary/aromatic N) is 3. The molecule has 2 saturated heterocycles. The molecular formula is C18H28Cl2N4O. The second-order valence-electron chi connectivity index (χ2n) is 6.87. The van der Waals surface area contributed by atoms with Gasteiger partial charge >= 0.3 is 0 Å². The Labute approximate surface area is 162 Å². The number of anilines is 1. The number of carbonyl (C=O) groups excluding carboxylic acids is 1. The first kappa shape index (κ1) is 20.3. The molecule has 0 saturated carbocycles. The fourth-order valence-corrected chi connectivity index (χ4v) is 4.15. The molecule has 3 aliphatic heterocycles. The molecule has 3 heterocycles. The van der Waals surface area contributed by atoms with Crippen molar-refractivity contribution in [2.45, 2.75) is 18.9 Å². The maximum absolute atomic E-state index is 12.7. The van der Waals surface area contributed by atoms with Crippen LogP contribution in [0.5, 0.6) is 0 Å². The number of halogens is 2. The van der Waals surface area contributed by atoms with E-state index < -0.39 is 0 Å². The highest BCUT2D eigenvalue weighted by Gasteiger charge is 2.32. The van der Waals surface area contributed by atoms with Crippen molar-refractivity contribution < 1.29 is 4.79 Å². The molecule has 0 aromatic heterocycles. The summed E-state index contributed by atoms with van der Waals surface area (Å²) in [7, 11) is 0. The molecule has 4 rings (SSSR count). The van der Waals surface area contributed by atoms with Crippen LogP contribution in [-0.4, -0.2) is 74.1 Å². The Morgan fingerprint density at radius 2 is 1.84 bits per heavy atom. The SMILES string of the molecule is Cl.Cl.O=C(CN1CCc2ccccc21)N1CCC(N2CCNCC2)C1. The molecule has 2 fully saturated rings. The van der Waals surface area contributed by atoms with Gasteiger partial charge in [0.05, 0.1) is 6.54 Å². The standard InChI is InChI=1S/C18H26N4O.2ClH/c23-18(14-21-9-5-15-3-1-2-4-17(15)21)22-10-6-16(13-22)20-11-7-19-8-12-20;;/h1-4,16,19H,5-14H2;2*1H. The highest BCUT2D eigenvalue weighted by Crippen LogP contribution is 2.27. The van der Waals surface area contributed by atoms with E-state index in [1.807, 2.05) is 0 Å². The Bertz CT molecular complexity index is 580. The van der Waals surface area contributed by atoms with Crippen molar-refractivity contribution in [1.29, 1.82) is 0 Å². The normalized spacial score (nSPS) is 23.0. The second kappa shape index (κ2) is 9.08. The lowest BCUT2D eigenvalue weighted by molar-refractivity contribution is -0.128. The van der Waals surface area contributed by atoms with Crippen molar-refractivity contribution in [2.75, 3.05) is 57.3 Å². The number of rotatable bonds is 3. The molecule has 1 unspecified atom stereocenters. The lowest BCUT2D eigenvalue weighted by Gasteiger charge is -2.32. The number of para-hydroxylation sites is 1. The molecule has 1 aromatic carbocycles. The molecule has 140 valence electrons. The Balaban J connectivity index is 0.00000113. The number of hydrogen-bond acceptors (Lipinski definition) is 4. The summed E-state index contributed by atoms with van der Waals surface area (Å²) in [6.45, 7) is 7.73. The number of amides is 1. The highest BCUT2D eigenvalue weighted by atomic mass is 35.5. The van der Waals surface area contributed by atoms with Crippen LogP contribution in [0, 0.1) is 0 Å². The zero-order valence-corrected chi connectivity index (χ0v) is 16.2. The largest absolute Gasteiger partial charge is 0.362 e. The zero-order chi connectivity index (χ0) is 15.6. The van der Waals surface area contributed by atoms with Crippen LogP contribution in [0.25, 0.3) is 0 Å². The molecule has 0 spiro atoms. The van der Waals surface area contributed by atoms with E-state index in [-0.39, 0.29) is 24.8 Å². The van der Waals surface area contributed by atoms with Crippen LogP contribution in [-0.2, 0) is 11.2 Å². The van der Waals surface area contributed by atoms with Crippen molar-refractivity contribution in [3.63, 3.8) is 0 Å². The number of nitrogens with one attached hydrogen (secondary N) is 1. The third-order valence-electron chi connectivity index (χ3n) is 5.49. The zero-order valence-electron chi connectivity index (χ0n) is 14.5. The number of benzene rings is 1. The Morgan fingerprint density at radius 3 is 2.64 bits per heavy atom. The summed E-state index contributed by atoms with van der Waals surface area (Å²) >= 11 is 0. The van der Waals surface area contributed by atoms with Gasteiger partial charge < -0.3 is 15.1 Å². The van der Waals surface area contributed by atoms with Crippen molar-refractivity contribution in [1.82, 2.24) is 15.1 Å². The van der Waals surface area contributed by atoms with E-state index in [0.717, 1.165) is 58.7 Å². The van der Waals surface area contributed by atoms with Crippen molar-refractivity contribution in [3.05, 3.63) is 29.8 Å². The molecule has 1 N–H and O–H groups in total. The minimum absolute atomic E-state index is 0. The summed E-state index contributed by atoms with van der Waals surface area (Å²) in [6, 6.07) is 9.03. The van der Waals surface area contributed by atoms with Gasteiger partial charge in [-0.3, -0.25) is 9.69 Å². The topological polar surface area (TPSA) is 38.8 Å². The van der Waals surface area contributed by atoms with Crippen LogP contribution >= 0.6 is 24.8 Å². The smallest absolute Gasteiger partial charge is 0.242 e. The van der Waals surface area contributed by atoms with Gasteiger partial charge in [0.25, 0.3) is 0 Å². The summed E-state index contributed by atoms with van der Waals surface area (Å²) < 4.78 is 0. The quantitative estimate of drug-likeness (QED) is 0.851. The predicted octanol–water partition coefficient (Wildman–Crippen LogP) is 1.40. The third kappa shape index (κ3) is 4.40. The molecule has 0 aliphatic carbocycles. The average Bonchev–Trinajstić information content (AvgIpc) is 3.24. The van der Waals surface area contributed by atoms with Gasteiger partial charge in [-0.1, -0.05) is 18.2 Å². The van der Waals surface area contributed by atoms with E-state index in [1.165, 1.54) is 11.3 Å². The molecule has 0 radical (unpaired) electrons. The first-order valence-electron chi connectivity index (χ1n) is 8.86. The van der Waals surface area contributed by atoms with Crippen LogP contribution < -0.4 is 10.2 Å². The predicted molar refractivity (Wildman–Crippen MR) is 106 cm³/mol. The molecule has 1 atom stereocenters. The summed E-state index contributed by atoms with van der Waals surface area (Å²) in [6.07, 6.45) is 2.19. The lowest BCUT2D eigenvalue weighted by Crippen LogP contribution is -2.49. The summed E-state index contributed by atoms with van der Waals surface area (Å²) in [5, 5.41) is 3.40. The fourth-order valence-electron chi connectivity index (χ4n) is 4.15. The first-order chi connectivity index (χ1) is 11.3. The monoisotopic (exact) mass is 386 g/mol. The van der Waals surface area contributed by atoms with Crippen LogP contribution in [0.4, 0.5) is 5.69 Å². The maximum atomic E-state index is 12.7. The van der Waals surface area contributed by atoms with Crippen molar-refractivity contribution >= 4 is 36.4 Å². The summed E-state index contributed by atoms with van der Waals surface area (Å²) in [4.78, 5) is 19.6. The Hall–Kier alpha value is -1.01. The average molecular weight is 387 g/mol. The molecule has 1 aromatic rings. The molecule has 7 heteroatoms. The molecule has 25 heavy (non-hydrogen) atoms. The van der Waals surface area contributed by atoms with Gasteiger partial charge in [0.2, 0.25) is 5.91 Å².